The van der Waals surface area contributed by atoms with E-state index in [4.69, 9.17) is 4.74 Å². The Labute approximate surface area is 154 Å². The topological polar surface area (TPSA) is 59.4 Å². The number of alkyl halides is 3. The molecule has 0 aliphatic carbocycles. The summed E-state index contributed by atoms with van der Waals surface area (Å²) in [6.07, 6.45) is -0.444. The van der Waals surface area contributed by atoms with Crippen molar-refractivity contribution in [3.63, 3.8) is 0 Å². The van der Waals surface area contributed by atoms with Crippen molar-refractivity contribution in [2.24, 2.45) is 0 Å². The zero-order valence-corrected chi connectivity index (χ0v) is 14.9. The van der Waals surface area contributed by atoms with Crippen LogP contribution < -0.4 is 5.32 Å². The molecule has 2 heterocycles. The minimum Gasteiger partial charge on any atom is -0.381 e. The van der Waals surface area contributed by atoms with Crippen molar-refractivity contribution < 1.29 is 22.7 Å². The van der Waals surface area contributed by atoms with E-state index in [1.807, 2.05) is 0 Å². The Balaban J connectivity index is 1.62. The molecule has 3 rings (SSSR count). The summed E-state index contributed by atoms with van der Waals surface area (Å²) >= 11 is 0. The van der Waals surface area contributed by atoms with Gasteiger partial charge in [0.25, 0.3) is 0 Å². The zero-order chi connectivity index (χ0) is 19.4. The zero-order valence-electron chi connectivity index (χ0n) is 14.9. The van der Waals surface area contributed by atoms with E-state index in [1.165, 1.54) is 6.20 Å². The molecule has 1 unspecified atom stereocenters. The molecule has 1 aromatic carbocycles. The van der Waals surface area contributed by atoms with E-state index >= 15 is 0 Å². The molecule has 0 spiro atoms. The lowest BCUT2D eigenvalue weighted by Crippen LogP contribution is -2.35. The first-order chi connectivity index (χ1) is 12.9. The molecule has 1 aromatic heterocycles. The normalized spacial score (nSPS) is 18.2. The highest BCUT2D eigenvalue weighted by molar-refractivity contribution is 5.89. The van der Waals surface area contributed by atoms with Crippen LogP contribution >= 0.6 is 0 Å². The first-order valence-electron chi connectivity index (χ1n) is 8.69. The molecule has 0 radical (unpaired) electrons. The summed E-state index contributed by atoms with van der Waals surface area (Å²) in [5, 5.41) is 6.34. The molecule has 27 heavy (non-hydrogen) atoms. The highest BCUT2D eigenvalue weighted by Crippen LogP contribution is 2.28. The van der Waals surface area contributed by atoms with Crippen LogP contribution in [0.25, 0.3) is 5.69 Å². The SMILES string of the molecule is COC1CCCN(C(=O)Nc2ccc(-n3ccc(C(F)(F)F)n3)cc2)CC1. The number of hydrogen-bond donors (Lipinski definition) is 1. The van der Waals surface area contributed by atoms with Gasteiger partial charge in [0.1, 0.15) is 0 Å². The van der Waals surface area contributed by atoms with Crippen molar-refractivity contribution >= 4 is 11.7 Å². The average Bonchev–Trinajstić information content (AvgIpc) is 3.02. The molecule has 1 N–H and O–H groups in total. The fourth-order valence-electron chi connectivity index (χ4n) is 3.02. The van der Waals surface area contributed by atoms with Gasteiger partial charge in [0, 0.05) is 32.1 Å². The number of halogens is 3. The molecule has 1 atom stereocenters. The number of rotatable bonds is 3. The van der Waals surface area contributed by atoms with Crippen molar-refractivity contribution in [2.75, 3.05) is 25.5 Å². The number of methoxy groups -OCH3 is 1. The van der Waals surface area contributed by atoms with Crippen molar-refractivity contribution in [3.05, 3.63) is 42.2 Å². The van der Waals surface area contributed by atoms with Gasteiger partial charge in [-0.1, -0.05) is 0 Å². The van der Waals surface area contributed by atoms with Crippen LogP contribution in [0, 0.1) is 0 Å². The number of nitrogens with one attached hydrogen (secondary N) is 1. The summed E-state index contributed by atoms with van der Waals surface area (Å²) in [5.41, 5.74) is 0.0936. The second kappa shape index (κ2) is 7.99. The van der Waals surface area contributed by atoms with Gasteiger partial charge in [-0.3, -0.25) is 0 Å². The fourth-order valence-corrected chi connectivity index (χ4v) is 3.02. The Morgan fingerprint density at radius 1 is 1.19 bits per heavy atom. The number of hydrogen-bond acceptors (Lipinski definition) is 3. The monoisotopic (exact) mass is 382 g/mol. The second-order valence-electron chi connectivity index (χ2n) is 6.40. The molecule has 0 saturated carbocycles. The van der Waals surface area contributed by atoms with Gasteiger partial charge < -0.3 is 15.0 Å². The molecule has 1 saturated heterocycles. The first kappa shape index (κ1) is 19.2. The highest BCUT2D eigenvalue weighted by Gasteiger charge is 2.33. The number of benzene rings is 1. The minimum absolute atomic E-state index is 0.178. The third kappa shape index (κ3) is 4.79. The van der Waals surface area contributed by atoms with Crippen LogP contribution in [0.15, 0.2) is 36.5 Å². The third-order valence-electron chi connectivity index (χ3n) is 4.56. The maximum absolute atomic E-state index is 12.6. The van der Waals surface area contributed by atoms with E-state index in [9.17, 15) is 18.0 Å². The van der Waals surface area contributed by atoms with Crippen LogP contribution in [0.1, 0.15) is 25.0 Å². The number of aromatic nitrogens is 2. The summed E-state index contributed by atoms with van der Waals surface area (Å²) in [5.74, 6) is 0. The van der Waals surface area contributed by atoms with Crippen molar-refractivity contribution in [1.82, 2.24) is 14.7 Å². The van der Waals surface area contributed by atoms with E-state index in [1.54, 1.807) is 36.3 Å². The van der Waals surface area contributed by atoms with Gasteiger partial charge >= 0.3 is 12.2 Å². The van der Waals surface area contributed by atoms with Gasteiger partial charge in [0.2, 0.25) is 0 Å². The van der Waals surface area contributed by atoms with Gasteiger partial charge in [0.05, 0.1) is 11.8 Å². The smallest absolute Gasteiger partial charge is 0.381 e. The number of carbonyl (C=O) groups is 1. The molecule has 2 aromatic rings. The van der Waals surface area contributed by atoms with Crippen LogP contribution in [-0.2, 0) is 10.9 Å². The summed E-state index contributed by atoms with van der Waals surface area (Å²) in [4.78, 5) is 14.2. The highest BCUT2D eigenvalue weighted by atomic mass is 19.4. The third-order valence-corrected chi connectivity index (χ3v) is 4.56. The molecule has 0 bridgehead atoms. The van der Waals surface area contributed by atoms with Gasteiger partial charge in [-0.2, -0.15) is 18.3 Å². The fraction of sp³-hybridized carbons (Fsp3) is 0.444. The number of ether oxygens (including phenoxy) is 1. The Kier molecular flexibility index (Phi) is 5.69. The molecule has 6 nitrogen and oxygen atoms in total. The lowest BCUT2D eigenvalue weighted by atomic mass is 10.2. The lowest BCUT2D eigenvalue weighted by molar-refractivity contribution is -0.141. The standard InChI is InChI=1S/C18H21F3N4O2/c1-27-15-3-2-10-24(11-8-15)17(26)22-13-4-6-14(7-5-13)25-12-9-16(23-25)18(19,20)21/h4-7,9,12,15H,2-3,8,10-11H2,1H3,(H,22,26). The summed E-state index contributed by atoms with van der Waals surface area (Å²) < 4.78 is 44.4. The maximum Gasteiger partial charge on any atom is 0.435 e. The molecule has 1 fully saturated rings. The second-order valence-corrected chi connectivity index (χ2v) is 6.40. The largest absolute Gasteiger partial charge is 0.435 e. The Hall–Kier alpha value is -2.55. The Morgan fingerprint density at radius 3 is 2.56 bits per heavy atom. The molecule has 2 amide bonds. The lowest BCUT2D eigenvalue weighted by Gasteiger charge is -2.21. The van der Waals surface area contributed by atoms with Crippen molar-refractivity contribution in [3.8, 4) is 5.69 Å². The minimum atomic E-state index is -4.48. The van der Waals surface area contributed by atoms with E-state index in [0.29, 0.717) is 24.5 Å². The van der Waals surface area contributed by atoms with E-state index in [-0.39, 0.29) is 12.1 Å². The van der Waals surface area contributed by atoms with Crippen LogP contribution in [0.4, 0.5) is 23.7 Å². The molecule has 1 aliphatic heterocycles. The van der Waals surface area contributed by atoms with Crippen molar-refractivity contribution in [1.29, 1.82) is 0 Å². The quantitative estimate of drug-likeness (QED) is 0.875. The van der Waals surface area contributed by atoms with Crippen LogP contribution in [0.3, 0.4) is 0 Å². The average molecular weight is 382 g/mol. The van der Waals surface area contributed by atoms with Gasteiger partial charge in [-0.05, 0) is 49.6 Å². The number of anilines is 1. The Morgan fingerprint density at radius 2 is 1.93 bits per heavy atom. The number of likely N-dealkylation sites (tertiary alicyclic amines) is 1. The number of carbonyl (C=O) groups excluding carboxylic acids is 1. The first-order valence-corrected chi connectivity index (χ1v) is 8.69. The summed E-state index contributed by atoms with van der Waals surface area (Å²) in [6.45, 7) is 1.28. The molecule has 9 heteroatoms. The number of nitrogens with zero attached hydrogens (tertiary/aromatic N) is 3. The van der Waals surface area contributed by atoms with Gasteiger partial charge in [-0.15, -0.1) is 0 Å². The predicted molar refractivity (Wildman–Crippen MR) is 93.8 cm³/mol. The van der Waals surface area contributed by atoms with E-state index in [0.717, 1.165) is 30.0 Å². The number of amides is 2. The number of urea groups is 1. The van der Waals surface area contributed by atoms with Crippen LogP contribution in [-0.4, -0.2) is 47.0 Å². The summed E-state index contributed by atoms with van der Waals surface area (Å²) in [7, 11) is 1.68. The molecule has 146 valence electrons. The molecular weight excluding hydrogens is 361 g/mol. The molecule has 1 aliphatic rings. The van der Waals surface area contributed by atoms with Crippen LogP contribution in [0.5, 0.6) is 0 Å². The van der Waals surface area contributed by atoms with E-state index in [2.05, 4.69) is 10.4 Å². The van der Waals surface area contributed by atoms with E-state index < -0.39 is 11.9 Å². The predicted octanol–water partition coefficient (Wildman–Crippen LogP) is 3.92. The van der Waals surface area contributed by atoms with Gasteiger partial charge in [0.15, 0.2) is 5.69 Å². The van der Waals surface area contributed by atoms with Crippen molar-refractivity contribution in [2.45, 2.75) is 31.5 Å². The maximum atomic E-state index is 12.6. The molecular formula is C18H21F3N4O2. The van der Waals surface area contributed by atoms with Gasteiger partial charge in [-0.25, -0.2) is 9.48 Å². The Bertz CT molecular complexity index is 774. The van der Waals surface area contributed by atoms with Crippen LogP contribution in [0.2, 0.25) is 0 Å². The summed E-state index contributed by atoms with van der Waals surface area (Å²) in [6, 6.07) is 7.20.